The van der Waals surface area contributed by atoms with E-state index in [9.17, 15) is 4.79 Å². The second kappa shape index (κ2) is 4.94. The van der Waals surface area contributed by atoms with E-state index >= 15 is 0 Å². The predicted octanol–water partition coefficient (Wildman–Crippen LogP) is 1.42. The Hall–Kier alpha value is -1.92. The number of carbonyl (C=O) groups excluding carboxylic acids is 1. The van der Waals surface area contributed by atoms with Gasteiger partial charge in [0.1, 0.15) is 15.6 Å². The smallest absolute Gasteiger partial charge is 0.276 e. The maximum Gasteiger partial charge on any atom is 0.276 e. The summed E-state index contributed by atoms with van der Waals surface area (Å²) in [5, 5.41) is 0.752. The molecule has 0 saturated heterocycles. The molecule has 88 valence electrons. The van der Waals surface area contributed by atoms with Gasteiger partial charge in [0, 0.05) is 5.56 Å². The summed E-state index contributed by atoms with van der Waals surface area (Å²) in [6, 6.07) is 7.50. The topological polar surface area (TPSA) is 77.2 Å². The van der Waals surface area contributed by atoms with Crippen LogP contribution in [0.4, 0.5) is 0 Å². The number of hydrogen-bond donors (Lipinski definition) is 2. The van der Waals surface area contributed by atoms with E-state index in [-0.39, 0.29) is 5.91 Å². The number of benzene rings is 1. The number of nitrogens with two attached hydrogens (primary N) is 1. The van der Waals surface area contributed by atoms with Gasteiger partial charge in [-0.2, -0.15) is 0 Å². The molecule has 17 heavy (non-hydrogen) atoms. The first-order valence-corrected chi connectivity index (χ1v) is 5.67. The van der Waals surface area contributed by atoms with Crippen LogP contribution in [0.3, 0.4) is 0 Å². The lowest BCUT2D eigenvalue weighted by Crippen LogP contribution is -2.29. The van der Waals surface area contributed by atoms with Crippen molar-refractivity contribution >= 4 is 17.2 Å². The van der Waals surface area contributed by atoms with Crippen molar-refractivity contribution in [2.45, 2.75) is 0 Å². The molecule has 5 nitrogen and oxygen atoms in total. The highest BCUT2D eigenvalue weighted by molar-refractivity contribution is 7.16. The molecule has 0 atom stereocenters. The summed E-state index contributed by atoms with van der Waals surface area (Å²) in [6.45, 7) is 0. The zero-order valence-corrected chi connectivity index (χ0v) is 9.95. The zero-order valence-electron chi connectivity index (χ0n) is 9.14. The Balaban J connectivity index is 2.33. The van der Waals surface area contributed by atoms with Crippen LogP contribution < -0.4 is 16.0 Å². The number of amides is 1. The van der Waals surface area contributed by atoms with Gasteiger partial charge in [-0.05, 0) is 12.1 Å². The molecule has 1 aromatic heterocycles. The van der Waals surface area contributed by atoms with Crippen LogP contribution in [-0.4, -0.2) is 18.0 Å². The van der Waals surface area contributed by atoms with Crippen LogP contribution in [-0.2, 0) is 0 Å². The molecule has 0 aliphatic rings. The maximum absolute atomic E-state index is 11.3. The van der Waals surface area contributed by atoms with Crippen molar-refractivity contribution in [2.24, 2.45) is 5.84 Å². The molecule has 0 saturated carbocycles. The Morgan fingerprint density at radius 3 is 3.06 bits per heavy atom. The van der Waals surface area contributed by atoms with Gasteiger partial charge in [-0.15, -0.1) is 11.3 Å². The lowest BCUT2D eigenvalue weighted by Gasteiger charge is -2.00. The minimum absolute atomic E-state index is 0.336. The second-order valence-electron chi connectivity index (χ2n) is 3.24. The number of methoxy groups -OCH3 is 1. The van der Waals surface area contributed by atoms with Crippen LogP contribution in [0.25, 0.3) is 10.6 Å². The van der Waals surface area contributed by atoms with Gasteiger partial charge in [0.15, 0.2) is 0 Å². The number of rotatable bonds is 3. The maximum atomic E-state index is 11.3. The van der Waals surface area contributed by atoms with Crippen molar-refractivity contribution < 1.29 is 9.53 Å². The van der Waals surface area contributed by atoms with Crippen molar-refractivity contribution in [1.82, 2.24) is 10.4 Å². The Morgan fingerprint density at radius 1 is 1.53 bits per heavy atom. The lowest BCUT2D eigenvalue weighted by molar-refractivity contribution is 0.0957. The molecule has 0 aliphatic carbocycles. The lowest BCUT2D eigenvalue weighted by atomic mass is 10.2. The molecule has 0 fully saturated rings. The van der Waals surface area contributed by atoms with Gasteiger partial charge in [0.25, 0.3) is 5.91 Å². The van der Waals surface area contributed by atoms with Gasteiger partial charge >= 0.3 is 0 Å². The third kappa shape index (κ3) is 2.43. The molecule has 0 unspecified atom stereocenters. The minimum Gasteiger partial charge on any atom is -0.497 e. The van der Waals surface area contributed by atoms with Crippen LogP contribution in [0.15, 0.2) is 30.5 Å². The molecule has 3 N–H and O–H groups in total. The summed E-state index contributed by atoms with van der Waals surface area (Å²) >= 11 is 1.28. The van der Waals surface area contributed by atoms with E-state index in [1.54, 1.807) is 7.11 Å². The third-order valence-electron chi connectivity index (χ3n) is 2.18. The Kier molecular flexibility index (Phi) is 3.36. The quantitative estimate of drug-likeness (QED) is 0.490. The van der Waals surface area contributed by atoms with Gasteiger partial charge in [0.2, 0.25) is 0 Å². The first-order valence-electron chi connectivity index (χ1n) is 4.86. The number of nitrogen functional groups attached to an aromatic ring is 1. The number of hydrogen-bond acceptors (Lipinski definition) is 5. The van der Waals surface area contributed by atoms with Crippen molar-refractivity contribution in [1.29, 1.82) is 0 Å². The highest BCUT2D eigenvalue weighted by Crippen LogP contribution is 2.27. The molecule has 6 heteroatoms. The molecule has 1 heterocycles. The van der Waals surface area contributed by atoms with E-state index in [2.05, 4.69) is 10.4 Å². The zero-order chi connectivity index (χ0) is 12.3. The summed E-state index contributed by atoms with van der Waals surface area (Å²) in [4.78, 5) is 15.9. The van der Waals surface area contributed by atoms with E-state index < -0.39 is 0 Å². The number of hydrazine groups is 1. The standard InChI is InChI=1S/C11H11N3O2S/c1-16-8-4-2-3-7(5-8)11-13-6-9(17-11)10(15)14-12/h2-6H,12H2,1H3,(H,14,15). The molecule has 2 aromatic rings. The molecule has 0 radical (unpaired) electrons. The van der Waals surface area contributed by atoms with Crippen LogP contribution in [0, 0.1) is 0 Å². The summed E-state index contributed by atoms with van der Waals surface area (Å²) in [7, 11) is 1.61. The van der Waals surface area contributed by atoms with Crippen LogP contribution in [0.1, 0.15) is 9.67 Å². The van der Waals surface area contributed by atoms with Crippen molar-refractivity contribution in [3.05, 3.63) is 35.3 Å². The number of carbonyl (C=O) groups is 1. The first-order chi connectivity index (χ1) is 8.24. The average Bonchev–Trinajstić information content (AvgIpc) is 2.87. The Labute approximate surface area is 102 Å². The average molecular weight is 249 g/mol. The highest BCUT2D eigenvalue weighted by Gasteiger charge is 2.10. The third-order valence-corrected chi connectivity index (χ3v) is 3.22. The fraction of sp³-hybridized carbons (Fsp3) is 0.0909. The minimum atomic E-state index is -0.336. The van der Waals surface area contributed by atoms with Crippen LogP contribution in [0.5, 0.6) is 5.75 Å². The van der Waals surface area contributed by atoms with Gasteiger partial charge in [-0.1, -0.05) is 12.1 Å². The highest BCUT2D eigenvalue weighted by atomic mass is 32.1. The fourth-order valence-corrected chi connectivity index (χ4v) is 2.16. The number of aromatic nitrogens is 1. The van der Waals surface area contributed by atoms with Crippen molar-refractivity contribution in [3.63, 3.8) is 0 Å². The summed E-state index contributed by atoms with van der Waals surface area (Å²) in [5.41, 5.74) is 2.98. The molecule has 0 bridgehead atoms. The number of nitrogens with one attached hydrogen (secondary N) is 1. The van der Waals surface area contributed by atoms with Crippen LogP contribution >= 0.6 is 11.3 Å². The van der Waals surface area contributed by atoms with Gasteiger partial charge in [0.05, 0.1) is 13.3 Å². The molecular formula is C11H11N3O2S. The normalized spacial score (nSPS) is 10.0. The van der Waals surface area contributed by atoms with E-state index in [0.29, 0.717) is 4.88 Å². The second-order valence-corrected chi connectivity index (χ2v) is 4.27. The molecular weight excluding hydrogens is 238 g/mol. The SMILES string of the molecule is COc1cccc(-c2ncc(C(=O)NN)s2)c1. The molecule has 1 amide bonds. The molecule has 0 spiro atoms. The summed E-state index contributed by atoms with van der Waals surface area (Å²) in [6.07, 6.45) is 1.50. The molecule has 1 aromatic carbocycles. The van der Waals surface area contributed by atoms with E-state index in [0.717, 1.165) is 16.3 Å². The molecule has 2 rings (SSSR count). The number of nitrogens with zero attached hydrogens (tertiary/aromatic N) is 1. The molecule has 0 aliphatic heterocycles. The number of thiazole rings is 1. The van der Waals surface area contributed by atoms with Gasteiger partial charge in [-0.25, -0.2) is 10.8 Å². The fourth-order valence-electron chi connectivity index (χ4n) is 1.34. The van der Waals surface area contributed by atoms with Crippen LogP contribution in [0.2, 0.25) is 0 Å². The van der Waals surface area contributed by atoms with Gasteiger partial charge in [-0.3, -0.25) is 10.2 Å². The van der Waals surface area contributed by atoms with Crippen molar-refractivity contribution in [3.8, 4) is 16.3 Å². The number of ether oxygens (including phenoxy) is 1. The van der Waals surface area contributed by atoms with E-state index in [1.807, 2.05) is 24.3 Å². The Bertz CT molecular complexity index is 539. The van der Waals surface area contributed by atoms with E-state index in [1.165, 1.54) is 17.5 Å². The largest absolute Gasteiger partial charge is 0.497 e. The summed E-state index contributed by atoms with van der Waals surface area (Å²) < 4.78 is 5.13. The monoisotopic (exact) mass is 249 g/mol. The Morgan fingerprint density at radius 2 is 2.35 bits per heavy atom. The van der Waals surface area contributed by atoms with Crippen molar-refractivity contribution in [2.75, 3.05) is 7.11 Å². The van der Waals surface area contributed by atoms with Gasteiger partial charge < -0.3 is 4.74 Å². The van der Waals surface area contributed by atoms with E-state index in [4.69, 9.17) is 10.6 Å². The predicted molar refractivity (Wildman–Crippen MR) is 65.8 cm³/mol. The first kappa shape index (κ1) is 11.6. The summed E-state index contributed by atoms with van der Waals surface area (Å²) in [5.74, 6) is 5.47.